The molecule has 0 unspecified atom stereocenters. The van der Waals surface area contributed by atoms with Gasteiger partial charge < -0.3 is 5.32 Å². The minimum atomic E-state index is -5.01. The van der Waals surface area contributed by atoms with Gasteiger partial charge in [0.2, 0.25) is 0 Å². The Labute approximate surface area is 140 Å². The van der Waals surface area contributed by atoms with E-state index >= 15 is 0 Å². The highest BCUT2D eigenvalue weighted by Crippen LogP contribution is 2.28. The molecule has 1 amide bonds. The molecule has 7 heteroatoms. The van der Waals surface area contributed by atoms with Crippen molar-refractivity contribution < 1.29 is 27.6 Å². The van der Waals surface area contributed by atoms with Gasteiger partial charge in [0.05, 0.1) is 5.57 Å². The molecule has 0 heterocycles. The molecular weight excluding hydrogens is 335 g/mol. The Hall–Kier alpha value is -3.22. The van der Waals surface area contributed by atoms with Crippen LogP contribution >= 0.6 is 0 Å². The summed E-state index contributed by atoms with van der Waals surface area (Å²) in [5.41, 5.74) is 0.748. The first kappa shape index (κ1) is 16.6. The Morgan fingerprint density at radius 1 is 0.920 bits per heavy atom. The molecule has 2 aromatic rings. The van der Waals surface area contributed by atoms with Crippen molar-refractivity contribution in [3.8, 4) is 0 Å². The molecule has 0 saturated heterocycles. The molecule has 3 rings (SSSR count). The maximum Gasteiger partial charge on any atom is 0.471 e. The molecule has 0 saturated carbocycles. The monoisotopic (exact) mass is 345 g/mol. The number of fused-ring (bicyclic) bond motifs is 1. The molecule has 1 aliphatic carbocycles. The van der Waals surface area contributed by atoms with Gasteiger partial charge in [0.25, 0.3) is 0 Å². The molecule has 2 aromatic carbocycles. The van der Waals surface area contributed by atoms with E-state index in [2.05, 4.69) is 0 Å². The zero-order chi connectivity index (χ0) is 18.2. The first-order valence-electron chi connectivity index (χ1n) is 7.16. The molecule has 25 heavy (non-hydrogen) atoms. The standard InChI is InChI=1S/C18H10F3NO3/c19-18(20,21)17(25)22-11-5-3-4-10(8-11)9-14-15(23)12-6-1-2-7-13(12)16(14)24/h1-9H,(H,22,25). The number of nitrogens with one attached hydrogen (secondary N) is 1. The Morgan fingerprint density at radius 2 is 1.52 bits per heavy atom. The Morgan fingerprint density at radius 3 is 2.08 bits per heavy atom. The number of ketones is 2. The Kier molecular flexibility index (Phi) is 4.00. The summed E-state index contributed by atoms with van der Waals surface area (Å²) in [6, 6.07) is 11.8. The van der Waals surface area contributed by atoms with Crippen LogP contribution < -0.4 is 5.32 Å². The van der Waals surface area contributed by atoms with Crippen LogP contribution in [0.2, 0.25) is 0 Å². The summed E-state index contributed by atoms with van der Waals surface area (Å²) in [5, 5.41) is 1.72. The van der Waals surface area contributed by atoms with Crippen molar-refractivity contribution in [2.45, 2.75) is 6.18 Å². The van der Waals surface area contributed by atoms with Gasteiger partial charge in [-0.05, 0) is 23.8 Å². The molecule has 0 atom stereocenters. The summed E-state index contributed by atoms with van der Waals surface area (Å²) < 4.78 is 36.9. The second-order valence-corrected chi connectivity index (χ2v) is 5.34. The van der Waals surface area contributed by atoms with E-state index in [1.807, 2.05) is 0 Å². The quantitative estimate of drug-likeness (QED) is 0.667. The normalized spacial score (nSPS) is 13.6. The molecule has 1 N–H and O–H groups in total. The lowest BCUT2D eigenvalue weighted by Crippen LogP contribution is -2.29. The lowest BCUT2D eigenvalue weighted by Gasteiger charge is -2.08. The molecule has 0 aromatic heterocycles. The number of benzene rings is 2. The van der Waals surface area contributed by atoms with E-state index in [9.17, 15) is 27.6 Å². The Bertz CT molecular complexity index is 892. The summed E-state index contributed by atoms with van der Waals surface area (Å²) in [4.78, 5) is 35.6. The van der Waals surface area contributed by atoms with Crippen molar-refractivity contribution in [3.05, 3.63) is 70.8 Å². The average molecular weight is 345 g/mol. The van der Waals surface area contributed by atoms with Crippen LogP contribution in [0.4, 0.5) is 18.9 Å². The maximum atomic E-state index is 12.3. The number of hydrogen-bond donors (Lipinski definition) is 1. The first-order chi connectivity index (χ1) is 11.8. The zero-order valence-electron chi connectivity index (χ0n) is 12.6. The molecule has 0 spiro atoms. The highest BCUT2D eigenvalue weighted by Gasteiger charge is 2.38. The van der Waals surface area contributed by atoms with Gasteiger partial charge >= 0.3 is 12.1 Å². The fraction of sp³-hybridized carbons (Fsp3) is 0.0556. The number of carbonyl (C=O) groups is 3. The molecule has 0 radical (unpaired) electrons. The van der Waals surface area contributed by atoms with Gasteiger partial charge in [-0.25, -0.2) is 0 Å². The van der Waals surface area contributed by atoms with Crippen LogP contribution in [0.1, 0.15) is 26.3 Å². The van der Waals surface area contributed by atoms with Crippen molar-refractivity contribution in [2.24, 2.45) is 0 Å². The SMILES string of the molecule is O=C1C(=Cc2cccc(NC(=O)C(F)(F)F)c2)C(=O)c2ccccc21. The molecule has 126 valence electrons. The van der Waals surface area contributed by atoms with Gasteiger partial charge in [-0.1, -0.05) is 36.4 Å². The van der Waals surface area contributed by atoms with Crippen LogP contribution in [0.25, 0.3) is 6.08 Å². The number of allylic oxidation sites excluding steroid dienone is 1. The van der Waals surface area contributed by atoms with E-state index < -0.39 is 23.6 Å². The number of anilines is 1. The van der Waals surface area contributed by atoms with E-state index in [0.29, 0.717) is 16.7 Å². The second kappa shape index (κ2) is 6.01. The molecule has 0 aliphatic heterocycles. The van der Waals surface area contributed by atoms with Gasteiger partial charge in [0.15, 0.2) is 11.6 Å². The fourth-order valence-corrected chi connectivity index (χ4v) is 2.48. The van der Waals surface area contributed by atoms with Crippen LogP contribution in [0.15, 0.2) is 54.1 Å². The summed E-state index contributed by atoms with van der Waals surface area (Å²) in [6.45, 7) is 0. The number of carbonyl (C=O) groups excluding carboxylic acids is 3. The number of Topliss-reactive ketones (excluding diaryl/α,β-unsaturated/α-hetero) is 2. The second-order valence-electron chi connectivity index (χ2n) is 5.34. The minimum Gasteiger partial charge on any atom is -0.318 e. The molecule has 0 fully saturated rings. The number of amides is 1. The van der Waals surface area contributed by atoms with E-state index in [1.54, 1.807) is 17.4 Å². The zero-order valence-corrected chi connectivity index (χ0v) is 12.6. The van der Waals surface area contributed by atoms with Gasteiger partial charge in [-0.3, -0.25) is 14.4 Å². The summed E-state index contributed by atoms with van der Waals surface area (Å²) >= 11 is 0. The third-order valence-electron chi connectivity index (χ3n) is 3.62. The van der Waals surface area contributed by atoms with Crippen molar-refractivity contribution in [1.29, 1.82) is 0 Å². The predicted molar refractivity (Wildman–Crippen MR) is 84.2 cm³/mol. The Balaban J connectivity index is 1.91. The molecular formula is C18H10F3NO3. The fourth-order valence-electron chi connectivity index (χ4n) is 2.48. The van der Waals surface area contributed by atoms with E-state index in [0.717, 1.165) is 0 Å². The summed E-state index contributed by atoms with van der Waals surface area (Å²) in [7, 11) is 0. The first-order valence-corrected chi connectivity index (χ1v) is 7.16. The van der Waals surface area contributed by atoms with Crippen LogP contribution in [-0.2, 0) is 4.79 Å². The number of halogens is 3. The number of hydrogen-bond acceptors (Lipinski definition) is 3. The van der Waals surface area contributed by atoms with Crippen molar-refractivity contribution in [2.75, 3.05) is 5.32 Å². The smallest absolute Gasteiger partial charge is 0.318 e. The van der Waals surface area contributed by atoms with Crippen molar-refractivity contribution in [1.82, 2.24) is 0 Å². The highest BCUT2D eigenvalue weighted by atomic mass is 19.4. The van der Waals surface area contributed by atoms with Gasteiger partial charge in [0, 0.05) is 16.8 Å². The average Bonchev–Trinajstić information content (AvgIpc) is 2.80. The third-order valence-corrected chi connectivity index (χ3v) is 3.62. The van der Waals surface area contributed by atoms with E-state index in [-0.39, 0.29) is 11.3 Å². The highest BCUT2D eigenvalue weighted by molar-refractivity contribution is 6.41. The largest absolute Gasteiger partial charge is 0.471 e. The van der Waals surface area contributed by atoms with Crippen LogP contribution in [-0.4, -0.2) is 23.6 Å². The molecule has 0 bridgehead atoms. The lowest BCUT2D eigenvalue weighted by molar-refractivity contribution is -0.167. The van der Waals surface area contributed by atoms with Gasteiger partial charge in [0.1, 0.15) is 0 Å². The topological polar surface area (TPSA) is 63.2 Å². The van der Waals surface area contributed by atoms with Crippen molar-refractivity contribution in [3.63, 3.8) is 0 Å². The van der Waals surface area contributed by atoms with Crippen molar-refractivity contribution >= 4 is 29.2 Å². The van der Waals surface area contributed by atoms with E-state index in [1.165, 1.54) is 42.5 Å². The molecule has 4 nitrogen and oxygen atoms in total. The summed E-state index contributed by atoms with van der Waals surface area (Å²) in [5.74, 6) is -2.98. The van der Waals surface area contributed by atoms with Crippen LogP contribution in [0.3, 0.4) is 0 Å². The van der Waals surface area contributed by atoms with E-state index in [4.69, 9.17) is 0 Å². The lowest BCUT2D eigenvalue weighted by atomic mass is 10.1. The third kappa shape index (κ3) is 3.21. The number of alkyl halides is 3. The summed E-state index contributed by atoms with van der Waals surface area (Å²) in [6.07, 6.45) is -3.71. The minimum absolute atomic E-state index is 0.0690. The molecule has 1 aliphatic rings. The maximum absolute atomic E-state index is 12.3. The van der Waals surface area contributed by atoms with Gasteiger partial charge in [-0.2, -0.15) is 13.2 Å². The van der Waals surface area contributed by atoms with Crippen LogP contribution in [0.5, 0.6) is 0 Å². The predicted octanol–water partition coefficient (Wildman–Crippen LogP) is 3.65. The van der Waals surface area contributed by atoms with Gasteiger partial charge in [-0.15, -0.1) is 0 Å². The van der Waals surface area contributed by atoms with Crippen LogP contribution in [0, 0.1) is 0 Å². The number of rotatable bonds is 2.